The van der Waals surface area contributed by atoms with E-state index in [4.69, 9.17) is 0 Å². The Balaban J connectivity index is 2.43. The fourth-order valence-corrected chi connectivity index (χ4v) is 3.26. The number of aliphatic carboxylic acids is 1. The number of carbonyl (C=O) groups is 1. The third-order valence-corrected chi connectivity index (χ3v) is 4.26. The number of anilines is 1. The van der Waals surface area contributed by atoms with Crippen LogP contribution in [-0.4, -0.2) is 49.1 Å². The Hall–Kier alpha value is -0.860. The molecule has 0 amide bonds. The number of hydrogen-bond donors (Lipinski definition) is 2. The minimum absolute atomic E-state index is 0.0931. The van der Waals surface area contributed by atoms with Crippen LogP contribution in [0.3, 0.4) is 0 Å². The molecule has 1 aromatic rings. The first-order valence-corrected chi connectivity index (χ1v) is 7.78. The highest BCUT2D eigenvalue weighted by molar-refractivity contribution is 8.01. The largest absolute Gasteiger partial charge is 0.549 e. The highest BCUT2D eigenvalue weighted by Crippen LogP contribution is 2.25. The molecule has 0 saturated carbocycles. The Bertz CT molecular complexity index is 421. The zero-order valence-corrected chi connectivity index (χ0v) is 13.3. The molecular weight excluding hydrogens is 284 g/mol. The van der Waals surface area contributed by atoms with Crippen LogP contribution in [-0.2, 0) is 4.79 Å². The first kappa shape index (κ1) is 16.2. The molecule has 1 heterocycles. The maximum atomic E-state index is 10.3. The van der Waals surface area contributed by atoms with Crippen molar-refractivity contribution in [3.8, 4) is 0 Å². The van der Waals surface area contributed by atoms with Crippen LogP contribution >= 0.6 is 23.1 Å². The normalized spacial score (nSPS) is 11.8. The third kappa shape index (κ3) is 6.74. The molecule has 6 nitrogen and oxygen atoms in total. The molecule has 8 heteroatoms. The monoisotopic (exact) mass is 304 g/mol. The molecule has 0 aliphatic heterocycles. The van der Waals surface area contributed by atoms with Gasteiger partial charge in [0.25, 0.3) is 0 Å². The highest BCUT2D eigenvalue weighted by atomic mass is 32.2. The molecule has 0 radical (unpaired) electrons. The predicted octanol–water partition coefficient (Wildman–Crippen LogP) is -1.04. The summed E-state index contributed by atoms with van der Waals surface area (Å²) in [6, 6.07) is 0. The molecule has 0 bridgehead atoms. The van der Waals surface area contributed by atoms with E-state index in [0.29, 0.717) is 4.34 Å². The number of nitrogens with zero attached hydrogens (tertiary/aromatic N) is 2. The smallest absolute Gasteiger partial charge is 0.206 e. The van der Waals surface area contributed by atoms with Gasteiger partial charge in [-0.3, -0.25) is 0 Å². The van der Waals surface area contributed by atoms with Crippen molar-refractivity contribution in [1.82, 2.24) is 10.2 Å². The predicted molar refractivity (Wildman–Crippen MR) is 75.6 cm³/mol. The lowest BCUT2D eigenvalue weighted by Crippen LogP contribution is -3.07. The van der Waals surface area contributed by atoms with Crippen molar-refractivity contribution in [2.75, 3.05) is 38.3 Å². The lowest BCUT2D eigenvalue weighted by atomic mass is 9.93. The van der Waals surface area contributed by atoms with Crippen LogP contribution in [0, 0.1) is 5.41 Å². The van der Waals surface area contributed by atoms with E-state index in [1.54, 1.807) is 0 Å². The van der Waals surface area contributed by atoms with Gasteiger partial charge in [0, 0.05) is 17.7 Å². The van der Waals surface area contributed by atoms with Gasteiger partial charge in [0.2, 0.25) is 5.13 Å². The zero-order valence-electron chi connectivity index (χ0n) is 11.6. The summed E-state index contributed by atoms with van der Waals surface area (Å²) in [4.78, 5) is 11.7. The van der Waals surface area contributed by atoms with Gasteiger partial charge in [-0.2, -0.15) is 0 Å². The first-order valence-electron chi connectivity index (χ1n) is 5.97. The second-order valence-electron chi connectivity index (χ2n) is 5.44. The number of hydrogen-bond acceptors (Lipinski definition) is 7. The van der Waals surface area contributed by atoms with Crippen molar-refractivity contribution >= 4 is 34.2 Å². The molecule has 0 aliphatic rings. The van der Waals surface area contributed by atoms with Crippen LogP contribution in [0.2, 0.25) is 0 Å². The van der Waals surface area contributed by atoms with Crippen molar-refractivity contribution in [3.63, 3.8) is 0 Å². The van der Waals surface area contributed by atoms with Crippen molar-refractivity contribution in [2.45, 2.75) is 18.2 Å². The maximum Gasteiger partial charge on any atom is 0.206 e. The molecule has 108 valence electrons. The Morgan fingerprint density at radius 3 is 2.74 bits per heavy atom. The first-order chi connectivity index (χ1) is 8.78. The van der Waals surface area contributed by atoms with Crippen LogP contribution < -0.4 is 15.3 Å². The van der Waals surface area contributed by atoms with Crippen molar-refractivity contribution in [1.29, 1.82) is 0 Å². The standard InChI is InChI=1S/C11H20N4O2S2/c1-11(2,7-15(3)4)6-12-9-13-14-10(19-9)18-5-8(16)17/h5-7H2,1-4H3,(H,12,13)(H,16,17). The van der Waals surface area contributed by atoms with Gasteiger partial charge in [-0.05, 0) is 0 Å². The van der Waals surface area contributed by atoms with Crippen molar-refractivity contribution in [3.05, 3.63) is 0 Å². The molecule has 0 unspecified atom stereocenters. The van der Waals surface area contributed by atoms with E-state index in [1.807, 2.05) is 0 Å². The number of nitrogens with one attached hydrogen (secondary N) is 2. The molecule has 2 N–H and O–H groups in total. The maximum absolute atomic E-state index is 10.3. The molecule has 0 aromatic carbocycles. The molecule has 1 rings (SSSR count). The van der Waals surface area contributed by atoms with E-state index in [0.717, 1.165) is 30.0 Å². The minimum Gasteiger partial charge on any atom is -0.549 e. The molecule has 0 saturated heterocycles. The third-order valence-electron chi connectivity index (χ3n) is 2.27. The van der Waals surface area contributed by atoms with E-state index in [1.165, 1.54) is 16.2 Å². The van der Waals surface area contributed by atoms with Crippen LogP contribution in [0.15, 0.2) is 4.34 Å². The van der Waals surface area contributed by atoms with Crippen molar-refractivity contribution in [2.24, 2.45) is 5.41 Å². The van der Waals surface area contributed by atoms with E-state index in [2.05, 4.69) is 43.5 Å². The Morgan fingerprint density at radius 2 is 2.16 bits per heavy atom. The molecule has 0 aliphatic carbocycles. The summed E-state index contributed by atoms with van der Waals surface area (Å²) >= 11 is 2.50. The summed E-state index contributed by atoms with van der Waals surface area (Å²) < 4.78 is 0.641. The number of carbonyl (C=O) groups excluding carboxylic acids is 1. The second kappa shape index (κ2) is 7.06. The quantitative estimate of drug-likeness (QED) is 0.597. The fraction of sp³-hybridized carbons (Fsp3) is 0.727. The van der Waals surface area contributed by atoms with Gasteiger partial charge >= 0.3 is 0 Å². The van der Waals surface area contributed by atoms with E-state index in [9.17, 15) is 9.90 Å². The van der Waals surface area contributed by atoms with Gasteiger partial charge in [-0.1, -0.05) is 36.9 Å². The van der Waals surface area contributed by atoms with Crippen LogP contribution in [0.25, 0.3) is 0 Å². The summed E-state index contributed by atoms with van der Waals surface area (Å²) in [6.07, 6.45) is 0. The molecule has 19 heavy (non-hydrogen) atoms. The minimum atomic E-state index is -1.09. The van der Waals surface area contributed by atoms with Crippen LogP contribution in [0.4, 0.5) is 5.13 Å². The molecular formula is C11H20N4O2S2. The van der Waals surface area contributed by atoms with E-state index >= 15 is 0 Å². The molecule has 1 aromatic heterocycles. The van der Waals surface area contributed by atoms with Gasteiger partial charge in [0.05, 0.1) is 26.6 Å². The number of rotatable bonds is 8. The summed E-state index contributed by atoms with van der Waals surface area (Å²) in [5.41, 5.74) is 0.156. The number of quaternary nitrogens is 1. The molecule has 0 fully saturated rings. The van der Waals surface area contributed by atoms with E-state index in [-0.39, 0.29) is 11.2 Å². The second-order valence-corrected chi connectivity index (χ2v) is 7.64. The average molecular weight is 304 g/mol. The topological polar surface area (TPSA) is 82.4 Å². The lowest BCUT2D eigenvalue weighted by molar-refractivity contribution is -0.865. The number of aromatic nitrogens is 2. The summed E-state index contributed by atoms with van der Waals surface area (Å²) in [5, 5.41) is 22.2. The Kier molecular flexibility index (Phi) is 6.02. The summed E-state index contributed by atoms with van der Waals surface area (Å²) in [6.45, 7) is 6.24. The lowest BCUT2D eigenvalue weighted by Gasteiger charge is -2.25. The molecule has 0 atom stereocenters. The summed E-state index contributed by atoms with van der Waals surface area (Å²) in [7, 11) is 4.25. The van der Waals surface area contributed by atoms with Crippen LogP contribution in [0.5, 0.6) is 0 Å². The summed E-state index contributed by atoms with van der Waals surface area (Å²) in [5.74, 6) is -1.19. The molecule has 0 spiro atoms. The van der Waals surface area contributed by atoms with Gasteiger partial charge in [-0.25, -0.2) is 0 Å². The number of carboxylic acids is 1. The Labute approximate surface area is 121 Å². The number of carboxylic acid groups (broad SMARTS) is 1. The van der Waals surface area contributed by atoms with Gasteiger partial charge < -0.3 is 20.1 Å². The van der Waals surface area contributed by atoms with Gasteiger partial charge in [-0.15, -0.1) is 10.2 Å². The SMILES string of the molecule is C[NH+](C)CC(C)(C)CNc1nnc(SCC(=O)[O-])s1. The zero-order chi connectivity index (χ0) is 14.5. The van der Waals surface area contributed by atoms with Gasteiger partial charge in [0.15, 0.2) is 4.34 Å². The van der Waals surface area contributed by atoms with Crippen molar-refractivity contribution < 1.29 is 14.8 Å². The van der Waals surface area contributed by atoms with E-state index < -0.39 is 5.97 Å². The highest BCUT2D eigenvalue weighted by Gasteiger charge is 2.21. The average Bonchev–Trinajstić information content (AvgIpc) is 2.70. The fourth-order valence-electron chi connectivity index (χ4n) is 1.79. The Morgan fingerprint density at radius 1 is 1.47 bits per heavy atom. The number of thioether (sulfide) groups is 1. The van der Waals surface area contributed by atoms with Gasteiger partial charge in [0.1, 0.15) is 0 Å². The van der Waals surface area contributed by atoms with Crippen LogP contribution in [0.1, 0.15) is 13.8 Å².